The molecule has 5 unspecified atom stereocenters. The molecule has 4 amide bonds. The van der Waals surface area contributed by atoms with E-state index in [1.54, 1.807) is 110 Å². The molecule has 0 aliphatic rings. The number of furan rings is 1. The number of para-hydroxylation sites is 1. The van der Waals surface area contributed by atoms with E-state index in [2.05, 4.69) is 21.0 Å². The van der Waals surface area contributed by atoms with Gasteiger partial charge in [0.15, 0.2) is 12.4 Å². The third-order valence-electron chi connectivity index (χ3n) is 12.7. The van der Waals surface area contributed by atoms with Crippen molar-refractivity contribution in [2.75, 3.05) is 20.4 Å². The van der Waals surface area contributed by atoms with E-state index in [0.29, 0.717) is 23.1 Å². The summed E-state index contributed by atoms with van der Waals surface area (Å²) in [6, 6.07) is 37.7. The molecule has 444 valence electrons. The summed E-state index contributed by atoms with van der Waals surface area (Å²) in [7, 11) is -3.44. The minimum absolute atomic E-state index is 0.0647. The maximum absolute atomic E-state index is 14.3. The molecular formula is C61H68N5O17P. The fourth-order valence-electron chi connectivity index (χ4n) is 8.36. The Morgan fingerprint density at radius 3 is 1.86 bits per heavy atom. The number of unbranched alkanes of at least 4 members (excludes halogenated alkanes) is 2. The first-order valence-electron chi connectivity index (χ1n) is 27.1. The highest BCUT2D eigenvalue weighted by atomic mass is 31.2. The zero-order chi connectivity index (χ0) is 60.3. The van der Waals surface area contributed by atoms with E-state index in [1.807, 2.05) is 13.0 Å². The van der Waals surface area contributed by atoms with Crippen LogP contribution in [0, 0.1) is 5.92 Å². The van der Waals surface area contributed by atoms with Gasteiger partial charge in [-0.3, -0.25) is 28.8 Å². The maximum Gasteiger partial charge on any atom is 0.481 e. The van der Waals surface area contributed by atoms with Crippen LogP contribution in [0.2, 0.25) is 0 Å². The Labute approximate surface area is 486 Å². The van der Waals surface area contributed by atoms with Crippen LogP contribution in [0.25, 0.3) is 11.3 Å². The third kappa shape index (κ3) is 20.1. The summed E-state index contributed by atoms with van der Waals surface area (Å²) < 4.78 is 58.8. The number of esters is 4. The minimum atomic E-state index is -4.59. The number of carbonyl (C=O) groups excluding carboxylic acids is 8. The fourth-order valence-corrected chi connectivity index (χ4v) is 9.88. The molecule has 1 aromatic heterocycles. The van der Waals surface area contributed by atoms with Crippen molar-refractivity contribution in [2.24, 2.45) is 5.92 Å². The number of benzene rings is 5. The van der Waals surface area contributed by atoms with Gasteiger partial charge in [0.2, 0.25) is 12.3 Å². The Morgan fingerprint density at radius 1 is 0.679 bits per heavy atom. The first kappa shape index (κ1) is 64.1. The number of hydrogen-bond donors (Lipinski definition) is 4. The molecule has 0 radical (unpaired) electrons. The van der Waals surface area contributed by atoms with Crippen molar-refractivity contribution in [3.63, 3.8) is 0 Å². The van der Waals surface area contributed by atoms with Gasteiger partial charge in [0.25, 0.3) is 11.8 Å². The van der Waals surface area contributed by atoms with Gasteiger partial charge in [-0.05, 0) is 72.9 Å². The molecule has 0 bridgehead atoms. The predicted molar refractivity (Wildman–Crippen MR) is 305 cm³/mol. The van der Waals surface area contributed by atoms with Crippen molar-refractivity contribution in [1.82, 2.24) is 26.1 Å². The molecule has 4 N–H and O–H groups in total. The topological polar surface area (TPSA) is 283 Å². The van der Waals surface area contributed by atoms with E-state index in [0.717, 1.165) is 25.0 Å². The number of amides is 4. The van der Waals surface area contributed by atoms with Crippen LogP contribution in [-0.4, -0.2) is 91.6 Å². The molecule has 5 aromatic carbocycles. The molecule has 6 aromatic rings. The molecule has 0 spiro atoms. The van der Waals surface area contributed by atoms with Crippen LogP contribution in [0.5, 0.6) is 11.5 Å². The highest BCUT2D eigenvalue weighted by Gasteiger charge is 2.40. The van der Waals surface area contributed by atoms with Gasteiger partial charge in [-0.25, -0.2) is 19.2 Å². The molecule has 0 saturated carbocycles. The van der Waals surface area contributed by atoms with Gasteiger partial charge in [0, 0.05) is 5.56 Å². The number of ether oxygens (including phenoxy) is 5. The summed E-state index contributed by atoms with van der Waals surface area (Å²) in [6.45, 7) is 3.65. The molecule has 22 nitrogen and oxygen atoms in total. The molecule has 84 heavy (non-hydrogen) atoms. The van der Waals surface area contributed by atoms with Crippen LogP contribution in [0.4, 0.5) is 0 Å². The SMILES string of the molecule is CCCCCC(C(=O)NCNC(=O)c1ccc(-c2ccc(C(=O)NC(CC(=O)OCc3ccccc3)C(=O)OCc3ccccc3)c(OCC(=O)OCc3ccccc3)c2)o1)C(CC)N(C=O)OP(=O)(NC(C)C(=O)OC)Oc1ccccc1. The van der Waals surface area contributed by atoms with E-state index >= 15 is 0 Å². The van der Waals surface area contributed by atoms with Crippen molar-refractivity contribution >= 4 is 55.8 Å². The summed E-state index contributed by atoms with van der Waals surface area (Å²) in [5.41, 5.74) is 2.16. The molecule has 5 atom stereocenters. The number of methoxy groups -OCH3 is 1. The minimum Gasteiger partial charge on any atom is -0.481 e. The van der Waals surface area contributed by atoms with E-state index in [4.69, 9.17) is 37.2 Å². The number of carbonyl (C=O) groups is 8. The zero-order valence-corrected chi connectivity index (χ0v) is 47.8. The van der Waals surface area contributed by atoms with Crippen LogP contribution in [0.15, 0.2) is 156 Å². The van der Waals surface area contributed by atoms with Crippen LogP contribution in [-0.2, 0) is 76.7 Å². The van der Waals surface area contributed by atoms with Crippen molar-refractivity contribution in [1.29, 1.82) is 0 Å². The van der Waals surface area contributed by atoms with Gasteiger partial charge in [-0.2, -0.15) is 9.71 Å². The molecule has 1 heterocycles. The number of hydroxylamine groups is 2. The monoisotopic (exact) mass is 1170 g/mol. The van der Waals surface area contributed by atoms with Gasteiger partial charge >= 0.3 is 31.6 Å². The van der Waals surface area contributed by atoms with Gasteiger partial charge in [0.1, 0.15) is 49.2 Å². The summed E-state index contributed by atoms with van der Waals surface area (Å²) in [4.78, 5) is 107. The molecular weight excluding hydrogens is 1110 g/mol. The third-order valence-corrected chi connectivity index (χ3v) is 14.3. The average Bonchev–Trinajstić information content (AvgIpc) is 4.06. The Bertz CT molecular complexity index is 3170. The Morgan fingerprint density at radius 2 is 1.27 bits per heavy atom. The Kier molecular flexibility index (Phi) is 25.3. The van der Waals surface area contributed by atoms with Gasteiger partial charge < -0.3 is 48.6 Å². The lowest BCUT2D eigenvalue weighted by molar-refractivity contribution is -0.161. The zero-order valence-electron chi connectivity index (χ0n) is 46.9. The smallest absolute Gasteiger partial charge is 0.481 e. The first-order chi connectivity index (χ1) is 40.6. The first-order valence-corrected chi connectivity index (χ1v) is 28.6. The molecule has 0 aliphatic heterocycles. The lowest BCUT2D eigenvalue weighted by atomic mass is 9.90. The van der Waals surface area contributed by atoms with Crippen LogP contribution in [0.3, 0.4) is 0 Å². The summed E-state index contributed by atoms with van der Waals surface area (Å²) >= 11 is 0. The van der Waals surface area contributed by atoms with Crippen LogP contribution < -0.4 is 30.3 Å². The number of nitrogens with one attached hydrogen (secondary N) is 4. The molecule has 0 saturated heterocycles. The van der Waals surface area contributed by atoms with E-state index in [-0.39, 0.29) is 73.2 Å². The fraction of sp³-hybridized carbons (Fsp3) is 0.311. The standard InChI is InChI=1S/C61H68N5O17P/c1-5-7-12-29-48(51(6-2)66(41-67)83-84(75,65-42(3)60(73)76-4)82-47-27-19-11-20-28-47)57(70)62-40-63-59(72)53-33-32-52(81-53)46-30-31-49(54(34-46)77-39-56(69)79-37-44-23-15-9-16-24-44)58(71)64-50(61(74)80-38-45-25-17-10-18-26-45)35-55(68)78-36-43-21-13-8-14-22-43/h8-11,13-28,30-34,41-42,48,50-51H,5-7,12,29,35-40H2,1-4H3,(H,62,70)(H,63,72)(H,64,71)(H,65,75). The molecule has 0 fully saturated rings. The lowest BCUT2D eigenvalue weighted by Gasteiger charge is -2.34. The van der Waals surface area contributed by atoms with Crippen molar-refractivity contribution < 1.29 is 80.2 Å². The van der Waals surface area contributed by atoms with Crippen LogP contribution >= 0.6 is 7.75 Å². The van der Waals surface area contributed by atoms with E-state index in [9.17, 15) is 42.9 Å². The second-order valence-corrected chi connectivity index (χ2v) is 20.5. The lowest BCUT2D eigenvalue weighted by Crippen LogP contribution is -2.49. The highest BCUT2D eigenvalue weighted by molar-refractivity contribution is 7.52. The molecule has 0 aliphatic carbocycles. The highest BCUT2D eigenvalue weighted by Crippen LogP contribution is 2.47. The Balaban J connectivity index is 1.17. The molecule has 23 heteroatoms. The Hall–Kier alpha value is -9.11. The number of rotatable bonds is 34. The molecule has 6 rings (SSSR count). The maximum atomic E-state index is 14.3. The second kappa shape index (κ2) is 33.1. The van der Waals surface area contributed by atoms with Gasteiger partial charge in [0.05, 0.1) is 37.7 Å². The van der Waals surface area contributed by atoms with Crippen molar-refractivity contribution in [3.05, 3.63) is 180 Å². The summed E-state index contributed by atoms with van der Waals surface area (Å²) in [5.74, 6) is -6.67. The van der Waals surface area contributed by atoms with Gasteiger partial charge in [-0.15, -0.1) is 0 Å². The quantitative estimate of drug-likeness (QED) is 0.00560. The average molecular weight is 1170 g/mol. The predicted octanol–water partition coefficient (Wildman–Crippen LogP) is 8.55. The van der Waals surface area contributed by atoms with Gasteiger partial charge in [-0.1, -0.05) is 148 Å². The van der Waals surface area contributed by atoms with Crippen molar-refractivity contribution in [3.8, 4) is 22.8 Å². The van der Waals surface area contributed by atoms with E-state index < -0.39 is 93.1 Å². The van der Waals surface area contributed by atoms with Crippen LogP contribution in [0.1, 0.15) is 96.9 Å². The van der Waals surface area contributed by atoms with Crippen molar-refractivity contribution in [2.45, 2.75) is 97.2 Å². The van der Waals surface area contributed by atoms with E-state index in [1.165, 1.54) is 49.4 Å². The number of nitrogens with zero attached hydrogens (tertiary/aromatic N) is 1. The number of hydrogen-bond acceptors (Lipinski definition) is 17. The normalized spacial score (nSPS) is 13.0. The second-order valence-electron chi connectivity index (χ2n) is 18.9. The largest absolute Gasteiger partial charge is 0.481 e. The summed E-state index contributed by atoms with van der Waals surface area (Å²) in [6.07, 6.45) is 2.15. The summed E-state index contributed by atoms with van der Waals surface area (Å²) in [5, 5.41) is 11.1.